The zero-order valence-corrected chi connectivity index (χ0v) is 18.5. The van der Waals surface area contributed by atoms with Crippen molar-refractivity contribution in [2.75, 3.05) is 0 Å². The number of ketones is 1. The summed E-state index contributed by atoms with van der Waals surface area (Å²) in [6, 6.07) is 0.907. The minimum atomic E-state index is -7.47. The molecule has 1 aliphatic heterocycles. The molecule has 3 rings (SSSR count). The van der Waals surface area contributed by atoms with Crippen molar-refractivity contribution in [3.05, 3.63) is 17.7 Å². The van der Waals surface area contributed by atoms with Crippen LogP contribution in [0, 0.1) is 5.92 Å². The Hall–Kier alpha value is -2.39. The summed E-state index contributed by atoms with van der Waals surface area (Å²) in [6.45, 7) is 3.14. The fourth-order valence-electron chi connectivity index (χ4n) is 4.29. The number of phenolic OH excluding ortho intramolecular Hbond substituents is 1. The molecule has 6 nitrogen and oxygen atoms in total. The average Bonchev–Trinajstić information content (AvgIpc) is 2.64. The van der Waals surface area contributed by atoms with Crippen LogP contribution in [0.3, 0.4) is 0 Å². The molecule has 0 unspecified atom stereocenters. The number of ether oxygens (including phenoxy) is 1. The quantitative estimate of drug-likeness (QED) is 0.408. The lowest BCUT2D eigenvalue weighted by Gasteiger charge is -2.47. The zero-order valence-electron chi connectivity index (χ0n) is 17.7. The molecule has 1 saturated carbocycles. The van der Waals surface area contributed by atoms with E-state index >= 15 is 0 Å². The number of carbonyl (C=O) groups excluding carboxylic acids is 1. The number of halogens is 9. The average molecular weight is 544 g/mol. The summed E-state index contributed by atoms with van der Waals surface area (Å²) in [5.74, 6) is -18.6. The second-order valence-electron chi connectivity index (χ2n) is 8.75. The number of hydrogen-bond acceptors (Lipinski definition) is 6. The van der Waals surface area contributed by atoms with Gasteiger partial charge >= 0.3 is 33.4 Å². The topological polar surface area (TPSA) is 89.9 Å². The molecule has 1 N–H and O–H groups in total. The van der Waals surface area contributed by atoms with Crippen molar-refractivity contribution in [2.45, 2.75) is 67.9 Å². The summed E-state index contributed by atoms with van der Waals surface area (Å²) in [5.41, 5.74) is -1.08. The third-order valence-electron chi connectivity index (χ3n) is 6.03. The van der Waals surface area contributed by atoms with Crippen molar-refractivity contribution >= 4 is 15.9 Å². The van der Waals surface area contributed by atoms with Crippen LogP contribution in [0.2, 0.25) is 0 Å². The molecule has 1 aliphatic carbocycles. The van der Waals surface area contributed by atoms with Gasteiger partial charge in [-0.15, -0.1) is 0 Å². The molecular weight excluding hydrogens is 527 g/mol. The molecule has 0 spiro atoms. The third kappa shape index (κ3) is 4.06. The first-order valence-corrected chi connectivity index (χ1v) is 11.2. The Balaban J connectivity index is 2.03. The van der Waals surface area contributed by atoms with E-state index in [2.05, 4.69) is 4.18 Å². The maximum atomic E-state index is 13.9. The van der Waals surface area contributed by atoms with E-state index in [0.29, 0.717) is 18.6 Å². The van der Waals surface area contributed by atoms with Gasteiger partial charge in [-0.2, -0.15) is 47.9 Å². The lowest BCUT2D eigenvalue weighted by Crippen LogP contribution is -2.63. The number of fused-ring (bicyclic) bond motifs is 3. The lowest BCUT2D eigenvalue weighted by atomic mass is 9.66. The molecule has 0 amide bonds. The number of hydrogen-bond donors (Lipinski definition) is 1. The normalized spacial score (nSPS) is 23.2. The van der Waals surface area contributed by atoms with Crippen LogP contribution in [-0.4, -0.2) is 48.2 Å². The van der Waals surface area contributed by atoms with E-state index < -0.39 is 56.4 Å². The van der Waals surface area contributed by atoms with E-state index in [-0.39, 0.29) is 35.9 Å². The fourth-order valence-corrected chi connectivity index (χ4v) is 5.19. The molecule has 198 valence electrons. The van der Waals surface area contributed by atoms with Gasteiger partial charge in [0, 0.05) is 42.4 Å². The minimum absolute atomic E-state index is 0.0344. The summed E-state index contributed by atoms with van der Waals surface area (Å²) in [7, 11) is -7.20. The first-order chi connectivity index (χ1) is 15.6. The Bertz CT molecular complexity index is 1140. The SMILES string of the molecule is CC1(C)Oc2cc(OS(=O)(=O)C(F)(F)C(F)(F)C(F)(F)C(F)(F)F)cc(O)c2[C@@H]2CC(=O)CC[C@H]21. The van der Waals surface area contributed by atoms with Gasteiger partial charge < -0.3 is 14.0 Å². The number of carbonyl (C=O) groups is 1. The largest absolute Gasteiger partial charge is 0.507 e. The molecule has 1 heterocycles. The van der Waals surface area contributed by atoms with Gasteiger partial charge in [0.2, 0.25) is 0 Å². The molecule has 0 radical (unpaired) electrons. The molecule has 0 bridgehead atoms. The Morgan fingerprint density at radius 3 is 2.14 bits per heavy atom. The third-order valence-corrected chi connectivity index (χ3v) is 7.33. The van der Waals surface area contributed by atoms with Crippen molar-refractivity contribution in [3.63, 3.8) is 0 Å². The summed E-state index contributed by atoms with van der Waals surface area (Å²) in [6.07, 6.45) is -6.72. The maximum absolute atomic E-state index is 13.9. The van der Waals surface area contributed by atoms with Crippen LogP contribution in [0.5, 0.6) is 17.2 Å². The molecule has 16 heteroatoms. The molecule has 1 aromatic carbocycles. The summed E-state index contributed by atoms with van der Waals surface area (Å²) < 4.78 is 151. The summed E-state index contributed by atoms with van der Waals surface area (Å²) >= 11 is 0. The van der Waals surface area contributed by atoms with E-state index in [1.807, 2.05) is 0 Å². The fraction of sp³-hybridized carbons (Fsp3) is 0.632. The van der Waals surface area contributed by atoms with Gasteiger partial charge in [0.05, 0.1) is 0 Å². The molecule has 0 aromatic heterocycles. The van der Waals surface area contributed by atoms with E-state index in [9.17, 15) is 57.8 Å². The smallest absolute Gasteiger partial charge is 0.460 e. The van der Waals surface area contributed by atoms with Crippen molar-refractivity contribution in [1.29, 1.82) is 0 Å². The highest BCUT2D eigenvalue weighted by Gasteiger charge is 2.86. The molecular formula is C19H17F9O6S. The first-order valence-electron chi connectivity index (χ1n) is 9.78. The number of phenols is 1. The molecule has 1 aromatic rings. The van der Waals surface area contributed by atoms with Crippen LogP contribution in [0.15, 0.2) is 12.1 Å². The highest BCUT2D eigenvalue weighted by Crippen LogP contribution is 2.57. The Morgan fingerprint density at radius 1 is 1.03 bits per heavy atom. The van der Waals surface area contributed by atoms with Crippen molar-refractivity contribution < 1.29 is 66.8 Å². The molecule has 1 fully saturated rings. The molecule has 2 aliphatic rings. The summed E-state index contributed by atoms with van der Waals surface area (Å²) in [5, 5.41) is 3.29. The predicted octanol–water partition coefficient (Wildman–Crippen LogP) is 5.15. The van der Waals surface area contributed by atoms with Crippen LogP contribution in [0.4, 0.5) is 39.5 Å². The van der Waals surface area contributed by atoms with Gasteiger partial charge in [-0.25, -0.2) is 0 Å². The zero-order chi connectivity index (χ0) is 27.0. The van der Waals surface area contributed by atoms with Gasteiger partial charge in [0.15, 0.2) is 0 Å². The van der Waals surface area contributed by atoms with Gasteiger partial charge in [-0.1, -0.05) is 0 Å². The van der Waals surface area contributed by atoms with Gasteiger partial charge in [-0.05, 0) is 20.3 Å². The highest BCUT2D eigenvalue weighted by molar-refractivity contribution is 7.88. The first kappa shape index (κ1) is 27.2. The standard InChI is InChI=1S/C19H17F9O6S/c1-15(2)11-4-3-8(29)5-10(11)14-12(30)6-9(7-13(14)33-15)34-35(31,32)19(27,28)17(22,23)16(20,21)18(24,25)26/h6-7,10-11,30H,3-5H2,1-2H3/t10-,11-/m1/s1. The van der Waals surface area contributed by atoms with Crippen LogP contribution < -0.4 is 8.92 Å². The van der Waals surface area contributed by atoms with Gasteiger partial charge in [0.1, 0.15) is 28.6 Å². The Kier molecular flexibility index (Phi) is 6.06. The minimum Gasteiger partial charge on any atom is -0.507 e. The highest BCUT2D eigenvalue weighted by atomic mass is 32.2. The summed E-state index contributed by atoms with van der Waals surface area (Å²) in [4.78, 5) is 11.9. The van der Waals surface area contributed by atoms with Crippen molar-refractivity contribution in [1.82, 2.24) is 0 Å². The Morgan fingerprint density at radius 2 is 1.60 bits per heavy atom. The number of rotatable bonds is 5. The van der Waals surface area contributed by atoms with Crippen molar-refractivity contribution in [3.8, 4) is 17.2 Å². The number of alkyl halides is 9. The lowest BCUT2D eigenvalue weighted by molar-refractivity contribution is -0.382. The Labute approximate surface area is 192 Å². The molecule has 2 atom stereocenters. The molecule has 35 heavy (non-hydrogen) atoms. The van der Waals surface area contributed by atoms with E-state index in [4.69, 9.17) is 4.74 Å². The van der Waals surface area contributed by atoms with Crippen LogP contribution in [-0.2, 0) is 14.9 Å². The van der Waals surface area contributed by atoms with Crippen LogP contribution in [0.25, 0.3) is 0 Å². The van der Waals surface area contributed by atoms with Gasteiger partial charge in [-0.3, -0.25) is 4.79 Å². The van der Waals surface area contributed by atoms with E-state index in [1.165, 1.54) is 0 Å². The number of Topliss-reactive ketones (excluding diaryl/α,β-unsaturated/α-hetero) is 1. The monoisotopic (exact) mass is 544 g/mol. The number of benzene rings is 1. The van der Waals surface area contributed by atoms with E-state index in [1.54, 1.807) is 13.8 Å². The predicted molar refractivity (Wildman–Crippen MR) is 98.3 cm³/mol. The van der Waals surface area contributed by atoms with Crippen LogP contribution in [0.1, 0.15) is 44.6 Å². The van der Waals surface area contributed by atoms with Crippen LogP contribution >= 0.6 is 0 Å². The maximum Gasteiger partial charge on any atom is 0.460 e. The molecule has 0 saturated heterocycles. The second-order valence-corrected chi connectivity index (χ2v) is 10.3. The van der Waals surface area contributed by atoms with Crippen molar-refractivity contribution in [2.24, 2.45) is 5.92 Å². The van der Waals surface area contributed by atoms with E-state index in [0.717, 1.165) is 0 Å². The second kappa shape index (κ2) is 7.80. The number of aromatic hydroxyl groups is 1. The van der Waals surface area contributed by atoms with Gasteiger partial charge in [0.25, 0.3) is 0 Å².